The van der Waals surface area contributed by atoms with Gasteiger partial charge in [-0.05, 0) is 38.3 Å². The molecule has 7 heteroatoms. The lowest BCUT2D eigenvalue weighted by atomic mass is 10.1. The van der Waals surface area contributed by atoms with Gasteiger partial charge in [0.2, 0.25) is 0 Å². The standard InChI is InChI=1S/C18H28N4O3/c1-3-5-10-19-17(23)16-7-6-15(13-20-16)21-14-8-11-22(12-9-14)18(24)25-4-2/h6-7,13-14,21H,3-5,8-12H2,1-2H3,(H,19,23). The van der Waals surface area contributed by atoms with Gasteiger partial charge in [0.15, 0.2) is 0 Å². The maximum atomic E-state index is 11.9. The van der Waals surface area contributed by atoms with E-state index in [1.54, 1.807) is 17.2 Å². The maximum absolute atomic E-state index is 11.9. The summed E-state index contributed by atoms with van der Waals surface area (Å²) in [5, 5.41) is 6.27. The topological polar surface area (TPSA) is 83.6 Å². The Hall–Kier alpha value is -2.31. The third-order valence-electron chi connectivity index (χ3n) is 4.20. The lowest BCUT2D eigenvalue weighted by Gasteiger charge is -2.32. The summed E-state index contributed by atoms with van der Waals surface area (Å²) in [6, 6.07) is 3.90. The fourth-order valence-corrected chi connectivity index (χ4v) is 2.74. The number of hydrogen-bond donors (Lipinski definition) is 2. The normalized spacial score (nSPS) is 14.9. The zero-order valence-corrected chi connectivity index (χ0v) is 15.1. The van der Waals surface area contributed by atoms with Crippen LogP contribution in [0, 0.1) is 0 Å². The number of unbranched alkanes of at least 4 members (excludes halogenated alkanes) is 1. The molecule has 0 atom stereocenters. The lowest BCUT2D eigenvalue weighted by molar-refractivity contribution is 0.0947. The van der Waals surface area contributed by atoms with Gasteiger partial charge in [-0.1, -0.05) is 13.3 Å². The van der Waals surface area contributed by atoms with Gasteiger partial charge in [-0.3, -0.25) is 4.79 Å². The van der Waals surface area contributed by atoms with Crippen LogP contribution >= 0.6 is 0 Å². The highest BCUT2D eigenvalue weighted by Crippen LogP contribution is 2.17. The molecule has 0 saturated carbocycles. The molecule has 2 N–H and O–H groups in total. The summed E-state index contributed by atoms with van der Waals surface area (Å²) in [5.74, 6) is -0.136. The molecule has 0 radical (unpaired) electrons. The smallest absolute Gasteiger partial charge is 0.409 e. The molecular weight excluding hydrogens is 320 g/mol. The van der Waals surface area contributed by atoms with Gasteiger partial charge in [-0.15, -0.1) is 0 Å². The number of pyridine rings is 1. The van der Waals surface area contributed by atoms with Crippen molar-refractivity contribution in [3.8, 4) is 0 Å². The Morgan fingerprint density at radius 3 is 2.64 bits per heavy atom. The Labute approximate surface area is 149 Å². The van der Waals surface area contributed by atoms with Gasteiger partial charge in [0.1, 0.15) is 5.69 Å². The number of carbonyl (C=O) groups is 2. The van der Waals surface area contributed by atoms with Crippen LogP contribution in [0.3, 0.4) is 0 Å². The zero-order chi connectivity index (χ0) is 18.1. The first-order valence-electron chi connectivity index (χ1n) is 9.06. The molecule has 0 spiro atoms. The minimum absolute atomic E-state index is 0.136. The molecule has 1 aromatic heterocycles. The molecule has 2 heterocycles. The number of nitrogens with one attached hydrogen (secondary N) is 2. The summed E-state index contributed by atoms with van der Waals surface area (Å²) < 4.78 is 5.02. The van der Waals surface area contributed by atoms with Crippen LogP contribution in [-0.4, -0.2) is 54.2 Å². The van der Waals surface area contributed by atoms with E-state index in [9.17, 15) is 9.59 Å². The molecule has 1 fully saturated rings. The number of anilines is 1. The number of aromatic nitrogens is 1. The van der Waals surface area contributed by atoms with E-state index in [0.717, 1.165) is 31.4 Å². The van der Waals surface area contributed by atoms with Crippen molar-refractivity contribution in [1.82, 2.24) is 15.2 Å². The van der Waals surface area contributed by atoms with Gasteiger partial charge in [-0.25, -0.2) is 9.78 Å². The first-order valence-corrected chi connectivity index (χ1v) is 9.06. The summed E-state index contributed by atoms with van der Waals surface area (Å²) in [6.07, 6.45) is 5.19. The number of rotatable bonds is 7. The fourth-order valence-electron chi connectivity index (χ4n) is 2.74. The van der Waals surface area contributed by atoms with Crippen LogP contribution in [-0.2, 0) is 4.74 Å². The molecule has 0 aromatic carbocycles. The monoisotopic (exact) mass is 348 g/mol. The number of ether oxygens (including phenoxy) is 1. The summed E-state index contributed by atoms with van der Waals surface area (Å²) in [7, 11) is 0. The van der Waals surface area contributed by atoms with Crippen LogP contribution in [0.2, 0.25) is 0 Å². The number of hydrogen-bond acceptors (Lipinski definition) is 5. The second-order valence-electron chi connectivity index (χ2n) is 6.15. The second kappa shape index (κ2) is 9.86. The average Bonchev–Trinajstić information content (AvgIpc) is 2.63. The van der Waals surface area contributed by atoms with Crippen molar-refractivity contribution in [2.45, 2.75) is 45.6 Å². The molecule has 25 heavy (non-hydrogen) atoms. The van der Waals surface area contributed by atoms with E-state index in [0.29, 0.717) is 31.9 Å². The number of nitrogens with zero attached hydrogens (tertiary/aromatic N) is 2. The Morgan fingerprint density at radius 1 is 1.28 bits per heavy atom. The first-order chi connectivity index (χ1) is 12.1. The van der Waals surface area contributed by atoms with E-state index in [1.807, 2.05) is 13.0 Å². The number of amides is 2. The second-order valence-corrected chi connectivity index (χ2v) is 6.15. The number of carbonyl (C=O) groups excluding carboxylic acids is 2. The van der Waals surface area contributed by atoms with E-state index < -0.39 is 0 Å². The van der Waals surface area contributed by atoms with Crippen LogP contribution in [0.1, 0.15) is 50.0 Å². The Bertz CT molecular complexity index is 554. The minimum atomic E-state index is -0.235. The van der Waals surface area contributed by atoms with Gasteiger partial charge in [0.05, 0.1) is 18.5 Å². The molecule has 138 valence electrons. The average molecular weight is 348 g/mol. The third-order valence-corrected chi connectivity index (χ3v) is 4.20. The molecule has 0 unspecified atom stereocenters. The highest BCUT2D eigenvalue weighted by molar-refractivity contribution is 5.92. The van der Waals surface area contributed by atoms with Gasteiger partial charge in [0, 0.05) is 25.7 Å². The van der Waals surface area contributed by atoms with Crippen molar-refractivity contribution in [3.05, 3.63) is 24.0 Å². The van der Waals surface area contributed by atoms with Crippen molar-refractivity contribution in [3.63, 3.8) is 0 Å². The molecule has 0 aliphatic carbocycles. The summed E-state index contributed by atoms with van der Waals surface area (Å²) in [6.45, 7) is 6.34. The molecule has 1 saturated heterocycles. The fraction of sp³-hybridized carbons (Fsp3) is 0.611. The van der Waals surface area contributed by atoms with Gasteiger partial charge >= 0.3 is 6.09 Å². The van der Waals surface area contributed by atoms with Crippen LogP contribution in [0.4, 0.5) is 10.5 Å². The van der Waals surface area contributed by atoms with Gasteiger partial charge < -0.3 is 20.3 Å². The Balaban J connectivity index is 1.78. The molecule has 1 aromatic rings. The van der Waals surface area contributed by atoms with Gasteiger partial charge in [0.25, 0.3) is 5.91 Å². The summed E-state index contributed by atoms with van der Waals surface area (Å²) >= 11 is 0. The minimum Gasteiger partial charge on any atom is -0.450 e. The third kappa shape index (κ3) is 5.92. The molecule has 1 aliphatic heterocycles. The quantitative estimate of drug-likeness (QED) is 0.740. The van der Waals surface area contributed by atoms with E-state index >= 15 is 0 Å². The van der Waals surface area contributed by atoms with E-state index in [-0.39, 0.29) is 18.0 Å². The van der Waals surface area contributed by atoms with Crippen LogP contribution in [0.5, 0.6) is 0 Å². The highest BCUT2D eigenvalue weighted by atomic mass is 16.6. The Morgan fingerprint density at radius 2 is 2.04 bits per heavy atom. The SMILES string of the molecule is CCCCNC(=O)c1ccc(NC2CCN(C(=O)OCC)CC2)cn1. The molecular formula is C18H28N4O3. The molecule has 0 bridgehead atoms. The van der Waals surface area contributed by atoms with Crippen molar-refractivity contribution in [2.75, 3.05) is 31.6 Å². The van der Waals surface area contributed by atoms with Crippen LogP contribution < -0.4 is 10.6 Å². The predicted octanol–water partition coefficient (Wildman–Crippen LogP) is 2.64. The van der Waals surface area contributed by atoms with E-state index in [2.05, 4.69) is 22.5 Å². The van der Waals surface area contributed by atoms with Crippen molar-refractivity contribution in [2.24, 2.45) is 0 Å². The van der Waals surface area contributed by atoms with E-state index in [1.165, 1.54) is 0 Å². The van der Waals surface area contributed by atoms with Crippen LogP contribution in [0.15, 0.2) is 18.3 Å². The Kier molecular flexibility index (Phi) is 7.50. The van der Waals surface area contributed by atoms with Crippen molar-refractivity contribution < 1.29 is 14.3 Å². The molecule has 7 nitrogen and oxygen atoms in total. The van der Waals surface area contributed by atoms with Crippen LogP contribution in [0.25, 0.3) is 0 Å². The summed E-state index contributed by atoms with van der Waals surface area (Å²) in [4.78, 5) is 29.6. The molecule has 2 rings (SSSR count). The van der Waals surface area contributed by atoms with Crippen molar-refractivity contribution >= 4 is 17.7 Å². The number of likely N-dealkylation sites (tertiary alicyclic amines) is 1. The predicted molar refractivity (Wildman–Crippen MR) is 96.7 cm³/mol. The lowest BCUT2D eigenvalue weighted by Crippen LogP contribution is -2.42. The largest absolute Gasteiger partial charge is 0.450 e. The van der Waals surface area contributed by atoms with Crippen molar-refractivity contribution in [1.29, 1.82) is 0 Å². The van der Waals surface area contributed by atoms with E-state index in [4.69, 9.17) is 4.74 Å². The zero-order valence-electron chi connectivity index (χ0n) is 15.1. The highest BCUT2D eigenvalue weighted by Gasteiger charge is 2.23. The number of piperidine rings is 1. The summed E-state index contributed by atoms with van der Waals surface area (Å²) in [5.41, 5.74) is 1.32. The van der Waals surface area contributed by atoms with Gasteiger partial charge in [-0.2, -0.15) is 0 Å². The molecule has 2 amide bonds. The first kappa shape index (κ1) is 19.0. The maximum Gasteiger partial charge on any atom is 0.409 e. The molecule has 1 aliphatic rings.